The van der Waals surface area contributed by atoms with Crippen LogP contribution in [0.25, 0.3) is 0 Å². The van der Waals surface area contributed by atoms with Crippen molar-refractivity contribution in [2.75, 3.05) is 48.5 Å². The largest absolute Gasteiger partial charge is 0.379 e. The fourth-order valence-electron chi connectivity index (χ4n) is 7.39. The highest BCUT2D eigenvalue weighted by Crippen LogP contribution is 2.28. The van der Waals surface area contributed by atoms with Crippen LogP contribution < -0.4 is 10.6 Å². The Balaban J connectivity index is 2.26. The SMILES string of the molecule is CC[C@H](C)[C@@H]([C@@H](CC(=O)N1CC(=O)CC1[C@H](OC)[C@@H](C)C(=O)NCCc1ccccc1)OC)N(C)C(=O)[C@@H](NC(=O)[C@H](C(C)C)N(C)C)C(C)C. The Bertz CT molecular complexity index is 1280. The average molecular weight is 716 g/mol. The molecule has 1 aromatic rings. The molecule has 1 aliphatic rings. The van der Waals surface area contributed by atoms with Crippen molar-refractivity contribution in [2.24, 2.45) is 23.7 Å². The van der Waals surface area contributed by atoms with Gasteiger partial charge in [0.15, 0.2) is 5.78 Å². The summed E-state index contributed by atoms with van der Waals surface area (Å²) in [5, 5.41) is 5.99. The molecule has 0 bridgehead atoms. The van der Waals surface area contributed by atoms with E-state index in [9.17, 15) is 24.0 Å². The van der Waals surface area contributed by atoms with Crippen LogP contribution in [0.1, 0.15) is 73.3 Å². The first-order valence-electron chi connectivity index (χ1n) is 18.4. The van der Waals surface area contributed by atoms with Gasteiger partial charge in [0.05, 0.1) is 49.2 Å². The van der Waals surface area contributed by atoms with Gasteiger partial charge in [0.25, 0.3) is 0 Å². The van der Waals surface area contributed by atoms with Crippen LogP contribution in [-0.4, -0.2) is 129 Å². The van der Waals surface area contributed by atoms with E-state index in [1.165, 1.54) is 19.1 Å². The Morgan fingerprint density at radius 3 is 2.06 bits per heavy atom. The summed E-state index contributed by atoms with van der Waals surface area (Å²) in [6.07, 6.45) is -0.0359. The number of ether oxygens (including phenoxy) is 2. The van der Waals surface area contributed by atoms with Gasteiger partial charge in [0.2, 0.25) is 23.6 Å². The standard InChI is InChI=1S/C39H65N5O7/c1-13-26(6)35(43(10)39(49)33(24(2)3)41-38(48)34(25(4)5)42(8)9)31(50-11)22-32(46)44-23-29(45)21-30(44)36(51-12)27(7)37(47)40-20-19-28-17-15-14-16-18-28/h14-18,24-27,30-31,33-36H,13,19-23H2,1-12H3,(H,40,47)(H,41,48)/t26-,27+,30?,31+,33-,34-,35-,36+/m0/s1. The number of methoxy groups -OCH3 is 2. The average Bonchev–Trinajstić information content (AvgIpc) is 3.47. The van der Waals surface area contributed by atoms with Crippen molar-refractivity contribution in [2.45, 2.75) is 111 Å². The summed E-state index contributed by atoms with van der Waals surface area (Å²) in [5.74, 6) is -1.97. The maximum Gasteiger partial charge on any atom is 0.245 e. The first kappa shape index (κ1) is 43.8. The molecule has 1 fully saturated rings. The number of carbonyl (C=O) groups is 5. The quantitative estimate of drug-likeness (QED) is 0.210. The van der Waals surface area contributed by atoms with Crippen LogP contribution in [0.15, 0.2) is 30.3 Å². The van der Waals surface area contributed by atoms with Gasteiger partial charge in [-0.1, -0.05) is 85.2 Å². The minimum Gasteiger partial charge on any atom is -0.379 e. The number of hydrogen-bond donors (Lipinski definition) is 2. The van der Waals surface area contributed by atoms with Gasteiger partial charge in [-0.25, -0.2) is 0 Å². The van der Waals surface area contributed by atoms with Crippen LogP contribution in [0, 0.1) is 23.7 Å². The van der Waals surface area contributed by atoms with Crippen LogP contribution >= 0.6 is 0 Å². The lowest BCUT2D eigenvalue weighted by molar-refractivity contribution is -0.148. The highest BCUT2D eigenvalue weighted by atomic mass is 16.5. The second-order valence-corrected chi connectivity index (χ2v) is 15.0. The van der Waals surface area contributed by atoms with Gasteiger partial charge in [-0.05, 0) is 43.8 Å². The summed E-state index contributed by atoms with van der Waals surface area (Å²) in [7, 11) is 8.40. The number of likely N-dealkylation sites (tertiary alicyclic amines) is 1. The molecule has 288 valence electrons. The minimum atomic E-state index is -0.785. The maximum atomic E-state index is 14.2. The van der Waals surface area contributed by atoms with Crippen molar-refractivity contribution < 1.29 is 33.4 Å². The highest BCUT2D eigenvalue weighted by Gasteiger charge is 2.45. The fraction of sp³-hybridized carbons (Fsp3) is 0.718. The van der Waals surface area contributed by atoms with Crippen LogP contribution in [0.4, 0.5) is 0 Å². The van der Waals surface area contributed by atoms with Crippen LogP contribution in [0.5, 0.6) is 0 Å². The lowest BCUT2D eigenvalue weighted by Crippen LogP contribution is -2.59. The number of carbonyl (C=O) groups excluding carboxylic acids is 5. The smallest absolute Gasteiger partial charge is 0.245 e. The van der Waals surface area contributed by atoms with E-state index in [0.717, 1.165) is 5.56 Å². The van der Waals surface area contributed by atoms with Gasteiger partial charge in [-0.3, -0.25) is 28.9 Å². The molecule has 12 heteroatoms. The number of amides is 4. The molecule has 8 atom stereocenters. The summed E-state index contributed by atoms with van der Waals surface area (Å²) >= 11 is 0. The third kappa shape index (κ3) is 11.8. The summed E-state index contributed by atoms with van der Waals surface area (Å²) in [5.41, 5.74) is 1.11. The molecule has 4 amide bonds. The predicted octanol–water partition coefficient (Wildman–Crippen LogP) is 3.17. The molecule has 0 aliphatic carbocycles. The molecular weight excluding hydrogens is 650 g/mol. The molecule has 2 N–H and O–H groups in total. The molecule has 2 rings (SSSR count). The van der Waals surface area contributed by atoms with Crippen molar-refractivity contribution in [3.63, 3.8) is 0 Å². The Morgan fingerprint density at radius 2 is 1.55 bits per heavy atom. The zero-order valence-electron chi connectivity index (χ0n) is 33.1. The Hall–Kier alpha value is -3.35. The predicted molar refractivity (Wildman–Crippen MR) is 199 cm³/mol. The van der Waals surface area contributed by atoms with E-state index in [1.54, 1.807) is 18.9 Å². The minimum absolute atomic E-state index is 0.0356. The van der Waals surface area contributed by atoms with E-state index >= 15 is 0 Å². The Morgan fingerprint density at radius 1 is 0.922 bits per heavy atom. The number of nitrogens with zero attached hydrogens (tertiary/aromatic N) is 3. The van der Waals surface area contributed by atoms with E-state index in [2.05, 4.69) is 10.6 Å². The van der Waals surface area contributed by atoms with Gasteiger partial charge >= 0.3 is 0 Å². The van der Waals surface area contributed by atoms with E-state index in [0.29, 0.717) is 19.4 Å². The summed E-state index contributed by atoms with van der Waals surface area (Å²) < 4.78 is 11.8. The van der Waals surface area contributed by atoms with Crippen molar-refractivity contribution in [1.82, 2.24) is 25.3 Å². The van der Waals surface area contributed by atoms with E-state index in [-0.39, 0.29) is 66.6 Å². The van der Waals surface area contributed by atoms with E-state index < -0.39 is 42.3 Å². The van der Waals surface area contributed by atoms with Crippen molar-refractivity contribution in [3.8, 4) is 0 Å². The molecular formula is C39H65N5O7. The number of nitrogens with one attached hydrogen (secondary N) is 2. The molecule has 12 nitrogen and oxygen atoms in total. The zero-order valence-corrected chi connectivity index (χ0v) is 33.1. The van der Waals surface area contributed by atoms with E-state index in [1.807, 2.05) is 90.9 Å². The summed E-state index contributed by atoms with van der Waals surface area (Å²) in [4.78, 5) is 72.7. The molecule has 1 heterocycles. The number of hydrogen-bond acceptors (Lipinski definition) is 8. The molecule has 1 saturated heterocycles. The number of ketones is 1. The first-order chi connectivity index (χ1) is 24.0. The lowest BCUT2D eigenvalue weighted by atomic mass is 9.89. The molecule has 1 unspecified atom stereocenters. The van der Waals surface area contributed by atoms with Gasteiger partial charge in [-0.15, -0.1) is 0 Å². The molecule has 51 heavy (non-hydrogen) atoms. The van der Waals surface area contributed by atoms with Gasteiger partial charge in [0, 0.05) is 34.2 Å². The topological polar surface area (TPSA) is 138 Å². The highest BCUT2D eigenvalue weighted by molar-refractivity contribution is 5.92. The van der Waals surface area contributed by atoms with Crippen LogP contribution in [0.2, 0.25) is 0 Å². The van der Waals surface area contributed by atoms with Crippen molar-refractivity contribution in [1.29, 1.82) is 0 Å². The Labute approximate surface area is 306 Å². The van der Waals surface area contributed by atoms with Crippen LogP contribution in [0.3, 0.4) is 0 Å². The molecule has 0 spiro atoms. The molecule has 0 saturated carbocycles. The summed E-state index contributed by atoms with van der Waals surface area (Å²) in [6.45, 7) is 13.9. The second kappa shape index (κ2) is 20.6. The zero-order chi connectivity index (χ0) is 38.6. The van der Waals surface area contributed by atoms with Crippen molar-refractivity contribution >= 4 is 29.4 Å². The molecule has 1 aromatic carbocycles. The molecule has 0 aromatic heterocycles. The maximum absolute atomic E-state index is 14.2. The number of benzene rings is 1. The third-order valence-electron chi connectivity index (χ3n) is 10.4. The first-order valence-corrected chi connectivity index (χ1v) is 18.4. The van der Waals surface area contributed by atoms with Gasteiger partial charge < -0.3 is 29.9 Å². The number of rotatable bonds is 20. The van der Waals surface area contributed by atoms with Crippen molar-refractivity contribution in [3.05, 3.63) is 35.9 Å². The number of Topliss-reactive ketones (excluding diaryl/α,β-unsaturated/α-hetero) is 1. The normalized spacial score (nSPS) is 19.0. The lowest BCUT2D eigenvalue weighted by Gasteiger charge is -2.41. The molecule has 0 radical (unpaired) electrons. The monoisotopic (exact) mass is 715 g/mol. The summed E-state index contributed by atoms with van der Waals surface area (Å²) in [6, 6.07) is 7.53. The second-order valence-electron chi connectivity index (χ2n) is 15.0. The third-order valence-corrected chi connectivity index (χ3v) is 10.4. The van der Waals surface area contributed by atoms with Gasteiger partial charge in [0.1, 0.15) is 6.04 Å². The van der Waals surface area contributed by atoms with Crippen LogP contribution in [-0.2, 0) is 39.9 Å². The fourth-order valence-corrected chi connectivity index (χ4v) is 7.39. The van der Waals surface area contributed by atoms with E-state index in [4.69, 9.17) is 9.47 Å². The Kier molecular flexibility index (Phi) is 17.7. The molecule has 1 aliphatic heterocycles. The number of likely N-dealkylation sites (N-methyl/N-ethyl adjacent to an activating group) is 2. The van der Waals surface area contributed by atoms with Gasteiger partial charge in [-0.2, -0.15) is 0 Å².